The van der Waals surface area contributed by atoms with Crippen LogP contribution in [-0.4, -0.2) is 24.5 Å². The predicted octanol–water partition coefficient (Wildman–Crippen LogP) is 5.35. The molecule has 0 saturated carbocycles. The van der Waals surface area contributed by atoms with Crippen LogP contribution in [0, 0.1) is 5.92 Å². The van der Waals surface area contributed by atoms with Crippen molar-refractivity contribution in [1.82, 2.24) is 4.90 Å². The zero-order valence-electron chi connectivity index (χ0n) is 14.9. The van der Waals surface area contributed by atoms with E-state index in [1.807, 2.05) is 0 Å². The molecule has 1 heteroatoms. The lowest BCUT2D eigenvalue weighted by Crippen LogP contribution is -2.36. The third-order valence-corrected chi connectivity index (χ3v) is 5.25. The minimum Gasteiger partial charge on any atom is -0.303 e. The average Bonchev–Trinajstić information content (AvgIpc) is 2.63. The van der Waals surface area contributed by atoms with E-state index in [1.54, 1.807) is 0 Å². The zero-order chi connectivity index (χ0) is 16.5. The minimum absolute atomic E-state index is 0.852. The van der Waals surface area contributed by atoms with Gasteiger partial charge in [-0.3, -0.25) is 0 Å². The fraction of sp³-hybridized carbons (Fsp3) is 0.478. The summed E-state index contributed by atoms with van der Waals surface area (Å²) in [5.41, 5.74) is 2.99. The fourth-order valence-corrected chi connectivity index (χ4v) is 3.95. The molecule has 24 heavy (non-hydrogen) atoms. The molecule has 0 radical (unpaired) electrons. The summed E-state index contributed by atoms with van der Waals surface area (Å²) in [6, 6.07) is 21.9. The molecule has 0 amide bonds. The smallest absolute Gasteiger partial charge is 0.00128 e. The molecule has 1 aliphatic rings. The molecule has 2 aromatic rings. The van der Waals surface area contributed by atoms with Crippen molar-refractivity contribution in [3.8, 4) is 0 Å². The Balaban J connectivity index is 1.32. The average molecular weight is 322 g/mol. The molecule has 0 bridgehead atoms. The van der Waals surface area contributed by atoms with Crippen molar-refractivity contribution in [3.63, 3.8) is 0 Å². The Labute approximate surface area is 147 Å². The summed E-state index contributed by atoms with van der Waals surface area (Å²) in [4.78, 5) is 2.71. The van der Waals surface area contributed by atoms with E-state index in [-0.39, 0.29) is 0 Å². The lowest BCUT2D eigenvalue weighted by Gasteiger charge is -2.32. The van der Waals surface area contributed by atoms with Gasteiger partial charge in [0, 0.05) is 6.54 Å². The van der Waals surface area contributed by atoms with Crippen LogP contribution < -0.4 is 0 Å². The molecule has 3 rings (SSSR count). The third kappa shape index (κ3) is 5.79. The highest BCUT2D eigenvalue weighted by atomic mass is 15.1. The Morgan fingerprint density at radius 3 is 2.25 bits per heavy atom. The molecule has 1 saturated heterocycles. The number of hydrogen-bond acceptors (Lipinski definition) is 1. The quantitative estimate of drug-likeness (QED) is 0.592. The van der Waals surface area contributed by atoms with E-state index in [4.69, 9.17) is 0 Å². The maximum absolute atomic E-state index is 2.71. The molecule has 0 aliphatic carbocycles. The van der Waals surface area contributed by atoms with Gasteiger partial charge in [0.15, 0.2) is 0 Å². The number of piperidine rings is 1. The summed E-state index contributed by atoms with van der Waals surface area (Å²) in [7, 11) is 0. The monoisotopic (exact) mass is 321 g/mol. The maximum atomic E-state index is 2.71. The second kappa shape index (κ2) is 9.64. The summed E-state index contributed by atoms with van der Waals surface area (Å²) in [6.07, 6.45) is 9.30. The van der Waals surface area contributed by atoms with E-state index in [0.29, 0.717) is 0 Å². The van der Waals surface area contributed by atoms with Gasteiger partial charge in [-0.05, 0) is 68.7 Å². The van der Waals surface area contributed by atoms with E-state index in [9.17, 15) is 0 Å². The van der Waals surface area contributed by atoms with E-state index < -0.39 is 0 Å². The van der Waals surface area contributed by atoms with E-state index in [1.165, 1.54) is 75.7 Å². The Hall–Kier alpha value is -1.60. The van der Waals surface area contributed by atoms with Crippen LogP contribution in [0.4, 0.5) is 0 Å². The lowest BCUT2D eigenvalue weighted by atomic mass is 9.91. The van der Waals surface area contributed by atoms with Crippen molar-refractivity contribution in [2.75, 3.05) is 19.6 Å². The van der Waals surface area contributed by atoms with Gasteiger partial charge < -0.3 is 4.90 Å². The van der Waals surface area contributed by atoms with Crippen LogP contribution in [0.25, 0.3) is 0 Å². The maximum Gasteiger partial charge on any atom is 0.00128 e. The first kappa shape index (κ1) is 17.2. The van der Waals surface area contributed by atoms with Crippen LogP contribution in [-0.2, 0) is 12.8 Å². The number of aryl methyl sites for hydroxylation is 1. The highest BCUT2D eigenvalue weighted by Gasteiger charge is 2.19. The predicted molar refractivity (Wildman–Crippen MR) is 103 cm³/mol. The van der Waals surface area contributed by atoms with Crippen molar-refractivity contribution >= 4 is 0 Å². The number of hydrogen-bond donors (Lipinski definition) is 0. The lowest BCUT2D eigenvalue weighted by molar-refractivity contribution is 0.171. The van der Waals surface area contributed by atoms with Gasteiger partial charge in [0.1, 0.15) is 0 Å². The van der Waals surface area contributed by atoms with Crippen LogP contribution in [0.3, 0.4) is 0 Å². The summed E-state index contributed by atoms with van der Waals surface area (Å²) in [5, 5.41) is 0. The van der Waals surface area contributed by atoms with E-state index >= 15 is 0 Å². The van der Waals surface area contributed by atoms with Gasteiger partial charge >= 0.3 is 0 Å². The third-order valence-electron chi connectivity index (χ3n) is 5.25. The minimum atomic E-state index is 0.852. The normalized spacial score (nSPS) is 18.6. The Kier molecular flexibility index (Phi) is 6.92. The van der Waals surface area contributed by atoms with Gasteiger partial charge in [-0.2, -0.15) is 0 Å². The molecule has 0 aromatic heterocycles. The van der Waals surface area contributed by atoms with Crippen molar-refractivity contribution < 1.29 is 0 Å². The van der Waals surface area contributed by atoms with Gasteiger partial charge in [-0.1, -0.05) is 67.1 Å². The molecule has 2 aromatic carbocycles. The number of nitrogens with zero attached hydrogens (tertiary/aromatic N) is 1. The van der Waals surface area contributed by atoms with Gasteiger partial charge in [0.25, 0.3) is 0 Å². The van der Waals surface area contributed by atoms with Crippen LogP contribution in [0.1, 0.15) is 43.2 Å². The number of unbranched alkanes of at least 4 members (excludes halogenated alkanes) is 2. The van der Waals surface area contributed by atoms with Gasteiger partial charge in [-0.15, -0.1) is 0 Å². The van der Waals surface area contributed by atoms with Crippen molar-refractivity contribution in [2.45, 2.75) is 44.9 Å². The molecular weight excluding hydrogens is 290 g/mol. The molecule has 1 aliphatic heterocycles. The highest BCUT2D eigenvalue weighted by molar-refractivity contribution is 5.15. The molecule has 0 spiro atoms. The second-order valence-corrected chi connectivity index (χ2v) is 7.29. The van der Waals surface area contributed by atoms with Crippen molar-refractivity contribution in [1.29, 1.82) is 0 Å². The van der Waals surface area contributed by atoms with E-state index in [0.717, 1.165) is 5.92 Å². The van der Waals surface area contributed by atoms with Crippen LogP contribution in [0.2, 0.25) is 0 Å². The van der Waals surface area contributed by atoms with E-state index in [2.05, 4.69) is 65.6 Å². The van der Waals surface area contributed by atoms with Gasteiger partial charge in [0.2, 0.25) is 0 Å². The fourth-order valence-electron chi connectivity index (χ4n) is 3.95. The van der Waals surface area contributed by atoms with Crippen LogP contribution in [0.5, 0.6) is 0 Å². The molecular formula is C23H31N. The van der Waals surface area contributed by atoms with Crippen LogP contribution >= 0.6 is 0 Å². The number of likely N-dealkylation sites (tertiary alicyclic amines) is 1. The number of benzene rings is 2. The Morgan fingerprint density at radius 1 is 0.792 bits per heavy atom. The summed E-state index contributed by atoms with van der Waals surface area (Å²) < 4.78 is 0. The molecule has 1 atom stereocenters. The summed E-state index contributed by atoms with van der Waals surface area (Å²) in [5.74, 6) is 0.852. The Bertz CT molecular complexity index is 563. The largest absolute Gasteiger partial charge is 0.303 e. The molecule has 128 valence electrons. The van der Waals surface area contributed by atoms with Crippen molar-refractivity contribution in [3.05, 3.63) is 71.8 Å². The molecule has 1 unspecified atom stereocenters. The summed E-state index contributed by atoms with van der Waals surface area (Å²) in [6.45, 7) is 3.90. The molecule has 1 fully saturated rings. The van der Waals surface area contributed by atoms with Gasteiger partial charge in [0.05, 0.1) is 0 Å². The first-order chi connectivity index (χ1) is 11.9. The van der Waals surface area contributed by atoms with Crippen molar-refractivity contribution in [2.24, 2.45) is 5.92 Å². The SMILES string of the molecule is c1ccc(CCCCCN2CCCC(Cc3ccccc3)C2)cc1. The first-order valence-electron chi connectivity index (χ1n) is 9.70. The molecule has 0 N–H and O–H groups in total. The molecule has 1 nitrogen and oxygen atoms in total. The van der Waals surface area contributed by atoms with Crippen LogP contribution in [0.15, 0.2) is 60.7 Å². The first-order valence-corrected chi connectivity index (χ1v) is 9.70. The number of rotatable bonds is 8. The van der Waals surface area contributed by atoms with Gasteiger partial charge in [-0.25, -0.2) is 0 Å². The summed E-state index contributed by atoms with van der Waals surface area (Å²) >= 11 is 0. The highest BCUT2D eigenvalue weighted by Crippen LogP contribution is 2.21. The Morgan fingerprint density at radius 2 is 1.50 bits per heavy atom. The molecule has 1 heterocycles. The second-order valence-electron chi connectivity index (χ2n) is 7.29. The standard InChI is InChI=1S/C23H31N/c1-4-11-21(12-5-1)13-8-3-9-17-24-18-10-16-23(20-24)19-22-14-6-2-7-15-22/h1-2,4-7,11-12,14-15,23H,3,8-10,13,16-20H2. The zero-order valence-corrected chi connectivity index (χ0v) is 14.9. The topological polar surface area (TPSA) is 3.24 Å².